The third kappa shape index (κ3) is 5.23. The Morgan fingerprint density at radius 3 is 2.67 bits per heavy atom. The van der Waals surface area contributed by atoms with Crippen molar-refractivity contribution in [1.29, 1.82) is 0 Å². The van der Waals surface area contributed by atoms with Gasteiger partial charge in [-0.05, 0) is 30.7 Å². The van der Waals surface area contributed by atoms with Crippen LogP contribution in [0.1, 0.15) is 18.9 Å². The molecule has 120 valence electrons. The summed E-state index contributed by atoms with van der Waals surface area (Å²) in [7, 11) is -0.463. The van der Waals surface area contributed by atoms with Crippen LogP contribution in [0, 0.1) is 0 Å². The van der Waals surface area contributed by atoms with Crippen LogP contribution in [0.5, 0.6) is 0 Å². The van der Waals surface area contributed by atoms with Crippen LogP contribution in [-0.2, 0) is 21.3 Å². The van der Waals surface area contributed by atoms with E-state index in [1.54, 1.807) is 12.1 Å². The van der Waals surface area contributed by atoms with Crippen LogP contribution >= 0.6 is 11.6 Å². The molecule has 0 saturated carbocycles. The monoisotopic (exact) mass is 334 g/mol. The highest BCUT2D eigenvalue weighted by molar-refractivity contribution is 7.89. The molecule has 0 bridgehead atoms. The summed E-state index contributed by atoms with van der Waals surface area (Å²) in [6.45, 7) is 4.27. The largest absolute Gasteiger partial charge is 0.383 e. The third-order valence-corrected chi connectivity index (χ3v) is 5.29. The third-order valence-electron chi connectivity index (χ3n) is 3.09. The predicted molar refractivity (Wildman–Crippen MR) is 85.1 cm³/mol. The van der Waals surface area contributed by atoms with Crippen molar-refractivity contribution in [3.8, 4) is 0 Å². The summed E-state index contributed by atoms with van der Waals surface area (Å²) in [5.74, 6) is 0. The summed E-state index contributed by atoms with van der Waals surface area (Å²) < 4.78 is 30.9. The summed E-state index contributed by atoms with van der Waals surface area (Å²) in [5.41, 5.74) is 0.892. The smallest absolute Gasteiger partial charge is 0.242 e. The van der Waals surface area contributed by atoms with Crippen LogP contribution in [0.2, 0.25) is 5.02 Å². The van der Waals surface area contributed by atoms with Gasteiger partial charge in [0.25, 0.3) is 0 Å². The number of hydrogen-bond acceptors (Lipinski definition) is 4. The highest BCUT2D eigenvalue weighted by atomic mass is 35.5. The van der Waals surface area contributed by atoms with Gasteiger partial charge in [0.15, 0.2) is 0 Å². The SMILES string of the molecule is CCCNCc1ccc(S(=O)(=O)N(C)CCOC)cc1Cl. The van der Waals surface area contributed by atoms with E-state index in [1.165, 1.54) is 24.5 Å². The Bertz CT molecular complexity index is 549. The molecule has 0 amide bonds. The van der Waals surface area contributed by atoms with Gasteiger partial charge in [-0.2, -0.15) is 4.31 Å². The van der Waals surface area contributed by atoms with Gasteiger partial charge in [0.1, 0.15) is 0 Å². The molecule has 0 saturated heterocycles. The molecule has 21 heavy (non-hydrogen) atoms. The molecule has 0 aromatic heterocycles. The van der Waals surface area contributed by atoms with E-state index in [4.69, 9.17) is 16.3 Å². The number of sulfonamides is 1. The first kappa shape index (κ1) is 18.4. The van der Waals surface area contributed by atoms with Gasteiger partial charge in [-0.3, -0.25) is 0 Å². The average Bonchev–Trinajstić information content (AvgIpc) is 2.46. The van der Waals surface area contributed by atoms with E-state index < -0.39 is 10.0 Å². The van der Waals surface area contributed by atoms with Crippen molar-refractivity contribution in [2.24, 2.45) is 0 Å². The Hall–Kier alpha value is -0.660. The highest BCUT2D eigenvalue weighted by Gasteiger charge is 2.21. The van der Waals surface area contributed by atoms with Crippen molar-refractivity contribution in [2.45, 2.75) is 24.8 Å². The minimum Gasteiger partial charge on any atom is -0.383 e. The molecule has 0 aliphatic carbocycles. The molecule has 0 heterocycles. The highest BCUT2D eigenvalue weighted by Crippen LogP contribution is 2.22. The Balaban J connectivity index is 2.86. The molecular weight excluding hydrogens is 312 g/mol. The summed E-state index contributed by atoms with van der Waals surface area (Å²) in [4.78, 5) is 0.199. The first-order valence-corrected chi connectivity index (χ1v) is 8.69. The number of benzene rings is 1. The maximum atomic E-state index is 12.4. The van der Waals surface area contributed by atoms with Gasteiger partial charge in [0.2, 0.25) is 10.0 Å². The second-order valence-corrected chi connectivity index (χ2v) is 7.20. The summed E-state index contributed by atoms with van der Waals surface area (Å²) in [6.07, 6.45) is 1.04. The van der Waals surface area contributed by atoms with Crippen molar-refractivity contribution in [2.75, 3.05) is 33.9 Å². The van der Waals surface area contributed by atoms with E-state index in [-0.39, 0.29) is 4.90 Å². The minimum atomic E-state index is -3.53. The first-order chi connectivity index (χ1) is 9.93. The van der Waals surface area contributed by atoms with Gasteiger partial charge in [0, 0.05) is 32.3 Å². The molecule has 0 spiro atoms. The Morgan fingerprint density at radius 2 is 2.10 bits per heavy atom. The minimum absolute atomic E-state index is 0.199. The zero-order valence-corrected chi connectivity index (χ0v) is 14.3. The van der Waals surface area contributed by atoms with Crippen LogP contribution in [0.25, 0.3) is 0 Å². The van der Waals surface area contributed by atoms with E-state index in [1.807, 2.05) is 0 Å². The number of nitrogens with one attached hydrogen (secondary N) is 1. The Morgan fingerprint density at radius 1 is 1.38 bits per heavy atom. The van der Waals surface area contributed by atoms with E-state index in [0.29, 0.717) is 24.7 Å². The van der Waals surface area contributed by atoms with E-state index in [0.717, 1.165) is 18.5 Å². The van der Waals surface area contributed by atoms with Crippen LogP contribution in [0.3, 0.4) is 0 Å². The van der Waals surface area contributed by atoms with E-state index in [2.05, 4.69) is 12.2 Å². The molecule has 7 heteroatoms. The zero-order valence-electron chi connectivity index (χ0n) is 12.7. The molecule has 1 N–H and O–H groups in total. The van der Waals surface area contributed by atoms with Crippen molar-refractivity contribution in [1.82, 2.24) is 9.62 Å². The van der Waals surface area contributed by atoms with Crippen molar-refractivity contribution in [3.63, 3.8) is 0 Å². The number of nitrogens with zero attached hydrogens (tertiary/aromatic N) is 1. The normalized spacial score (nSPS) is 12.0. The van der Waals surface area contributed by atoms with Crippen LogP contribution in [0.15, 0.2) is 23.1 Å². The molecule has 0 unspecified atom stereocenters. The fourth-order valence-electron chi connectivity index (χ4n) is 1.75. The predicted octanol–water partition coefficient (Wildman–Crippen LogP) is 2.11. The van der Waals surface area contributed by atoms with Gasteiger partial charge in [-0.25, -0.2) is 8.42 Å². The lowest BCUT2D eigenvalue weighted by Gasteiger charge is -2.17. The maximum Gasteiger partial charge on any atom is 0.242 e. The number of methoxy groups -OCH3 is 1. The van der Waals surface area contributed by atoms with Crippen molar-refractivity contribution < 1.29 is 13.2 Å². The quantitative estimate of drug-likeness (QED) is 0.703. The zero-order chi connectivity index (χ0) is 15.9. The number of likely N-dealkylation sites (N-methyl/N-ethyl adjacent to an activating group) is 1. The van der Waals surface area contributed by atoms with Crippen LogP contribution in [0.4, 0.5) is 0 Å². The molecule has 0 aliphatic rings. The maximum absolute atomic E-state index is 12.4. The fourth-order valence-corrected chi connectivity index (χ4v) is 3.25. The second-order valence-electron chi connectivity index (χ2n) is 4.75. The molecule has 5 nitrogen and oxygen atoms in total. The number of halogens is 1. The fraction of sp³-hybridized carbons (Fsp3) is 0.571. The van der Waals surface area contributed by atoms with Gasteiger partial charge in [0.05, 0.1) is 11.5 Å². The average molecular weight is 335 g/mol. The van der Waals surface area contributed by atoms with E-state index in [9.17, 15) is 8.42 Å². The molecule has 1 rings (SSSR count). The van der Waals surface area contributed by atoms with Gasteiger partial charge >= 0.3 is 0 Å². The molecule has 0 atom stereocenters. The molecule has 0 fully saturated rings. The summed E-state index contributed by atoms with van der Waals surface area (Å²) in [6, 6.07) is 4.85. The van der Waals surface area contributed by atoms with Crippen molar-refractivity contribution >= 4 is 21.6 Å². The number of ether oxygens (including phenoxy) is 1. The number of rotatable bonds is 9. The topological polar surface area (TPSA) is 58.6 Å². The Labute approximate surface area is 132 Å². The molecule has 1 aromatic carbocycles. The van der Waals surface area contributed by atoms with E-state index >= 15 is 0 Å². The molecule has 0 radical (unpaired) electrons. The lowest BCUT2D eigenvalue weighted by Crippen LogP contribution is -2.30. The van der Waals surface area contributed by atoms with Crippen molar-refractivity contribution in [3.05, 3.63) is 28.8 Å². The standard InChI is InChI=1S/C14H23ClN2O3S/c1-4-7-16-11-12-5-6-13(10-14(12)15)21(18,19)17(2)8-9-20-3/h5-6,10,16H,4,7-9,11H2,1-3H3. The lowest BCUT2D eigenvalue weighted by molar-refractivity contribution is 0.185. The molecule has 0 aliphatic heterocycles. The van der Waals surface area contributed by atoms with Gasteiger partial charge in [-0.1, -0.05) is 24.6 Å². The summed E-state index contributed by atoms with van der Waals surface area (Å²) in [5, 5.41) is 3.70. The van der Waals surface area contributed by atoms with Gasteiger partial charge < -0.3 is 10.1 Å². The Kier molecular flexibility index (Phi) is 7.62. The van der Waals surface area contributed by atoms with Crippen LogP contribution in [-0.4, -0.2) is 46.6 Å². The molecule has 1 aromatic rings. The van der Waals surface area contributed by atoms with Gasteiger partial charge in [-0.15, -0.1) is 0 Å². The second kappa shape index (κ2) is 8.70. The first-order valence-electron chi connectivity index (χ1n) is 6.88. The molecular formula is C14H23ClN2O3S. The lowest BCUT2D eigenvalue weighted by atomic mass is 10.2. The summed E-state index contributed by atoms with van der Waals surface area (Å²) >= 11 is 6.18. The number of hydrogen-bond donors (Lipinski definition) is 1. The van der Waals surface area contributed by atoms with Crippen LogP contribution < -0.4 is 5.32 Å².